The molecule has 0 unspecified atom stereocenters. The minimum Gasteiger partial charge on any atom is -0.349 e. The number of amides is 2. The SMILES string of the molecule is Cc1cc(C(=O)NC2CCCC2)ccc1NC(=O)[C@H](C)N. The van der Waals surface area contributed by atoms with Crippen molar-refractivity contribution in [1.29, 1.82) is 0 Å². The van der Waals surface area contributed by atoms with Crippen LogP contribution in [0, 0.1) is 6.92 Å². The normalized spacial score (nSPS) is 16.5. The van der Waals surface area contributed by atoms with Gasteiger partial charge in [0, 0.05) is 17.3 Å². The van der Waals surface area contributed by atoms with Gasteiger partial charge in [0.15, 0.2) is 0 Å². The first-order valence-electron chi connectivity index (χ1n) is 7.45. The van der Waals surface area contributed by atoms with E-state index in [2.05, 4.69) is 10.6 Å². The number of anilines is 1. The van der Waals surface area contributed by atoms with Gasteiger partial charge in [-0.1, -0.05) is 12.8 Å². The quantitative estimate of drug-likeness (QED) is 0.792. The van der Waals surface area contributed by atoms with Gasteiger partial charge in [0.1, 0.15) is 0 Å². The first-order valence-corrected chi connectivity index (χ1v) is 7.45. The van der Waals surface area contributed by atoms with Crippen molar-refractivity contribution in [3.63, 3.8) is 0 Å². The summed E-state index contributed by atoms with van der Waals surface area (Å²) < 4.78 is 0. The minimum absolute atomic E-state index is 0.0462. The summed E-state index contributed by atoms with van der Waals surface area (Å²) in [6.45, 7) is 3.50. The van der Waals surface area contributed by atoms with Gasteiger partial charge in [-0.15, -0.1) is 0 Å². The summed E-state index contributed by atoms with van der Waals surface area (Å²) in [5.74, 6) is -0.281. The molecule has 0 radical (unpaired) electrons. The molecule has 0 aliphatic heterocycles. The second-order valence-corrected chi connectivity index (χ2v) is 5.76. The predicted octanol–water partition coefficient (Wildman–Crippen LogP) is 1.95. The zero-order valence-electron chi connectivity index (χ0n) is 12.6. The molecular formula is C16H23N3O2. The van der Waals surface area contributed by atoms with Crippen molar-refractivity contribution in [1.82, 2.24) is 5.32 Å². The fraction of sp³-hybridized carbons (Fsp3) is 0.500. The van der Waals surface area contributed by atoms with Crippen LogP contribution in [0.25, 0.3) is 0 Å². The zero-order valence-corrected chi connectivity index (χ0v) is 12.6. The van der Waals surface area contributed by atoms with E-state index in [1.165, 1.54) is 12.8 Å². The lowest BCUT2D eigenvalue weighted by Gasteiger charge is -2.14. The third-order valence-corrected chi connectivity index (χ3v) is 3.85. The molecular weight excluding hydrogens is 266 g/mol. The standard InChI is InChI=1S/C16H23N3O2/c1-10-9-12(16(21)18-13-5-3-4-6-13)7-8-14(10)19-15(20)11(2)17/h7-9,11,13H,3-6,17H2,1-2H3,(H,18,21)(H,19,20)/t11-/m0/s1. The maximum atomic E-state index is 12.2. The second kappa shape index (κ2) is 6.72. The summed E-state index contributed by atoms with van der Waals surface area (Å²) in [6, 6.07) is 5.01. The van der Waals surface area contributed by atoms with Crippen LogP contribution in [0.3, 0.4) is 0 Å². The molecule has 0 bridgehead atoms. The van der Waals surface area contributed by atoms with Crippen molar-refractivity contribution in [3.8, 4) is 0 Å². The molecule has 0 heterocycles. The molecule has 1 aliphatic rings. The largest absolute Gasteiger partial charge is 0.349 e. The second-order valence-electron chi connectivity index (χ2n) is 5.76. The molecule has 21 heavy (non-hydrogen) atoms. The fourth-order valence-corrected chi connectivity index (χ4v) is 2.53. The Balaban J connectivity index is 2.03. The van der Waals surface area contributed by atoms with E-state index in [4.69, 9.17) is 5.73 Å². The molecule has 4 N–H and O–H groups in total. The molecule has 5 nitrogen and oxygen atoms in total. The number of carbonyl (C=O) groups excluding carboxylic acids is 2. The Kier molecular flexibility index (Phi) is 4.96. The van der Waals surface area contributed by atoms with Gasteiger partial charge in [0.05, 0.1) is 6.04 Å². The highest BCUT2D eigenvalue weighted by atomic mass is 16.2. The molecule has 1 atom stereocenters. The van der Waals surface area contributed by atoms with Crippen LogP contribution in [-0.4, -0.2) is 23.9 Å². The summed E-state index contributed by atoms with van der Waals surface area (Å²) in [6.07, 6.45) is 4.50. The van der Waals surface area contributed by atoms with Crippen LogP contribution < -0.4 is 16.4 Å². The zero-order chi connectivity index (χ0) is 15.4. The van der Waals surface area contributed by atoms with E-state index in [1.807, 2.05) is 6.92 Å². The van der Waals surface area contributed by atoms with Crippen molar-refractivity contribution in [2.24, 2.45) is 5.73 Å². The van der Waals surface area contributed by atoms with Crippen LogP contribution in [0.2, 0.25) is 0 Å². The Morgan fingerprint density at radius 2 is 1.95 bits per heavy atom. The van der Waals surface area contributed by atoms with E-state index in [0.29, 0.717) is 17.3 Å². The molecule has 2 amide bonds. The fourth-order valence-electron chi connectivity index (χ4n) is 2.53. The summed E-state index contributed by atoms with van der Waals surface area (Å²) in [4.78, 5) is 23.8. The van der Waals surface area contributed by atoms with Crippen molar-refractivity contribution in [3.05, 3.63) is 29.3 Å². The Bertz CT molecular complexity index is 534. The third-order valence-electron chi connectivity index (χ3n) is 3.85. The molecule has 1 fully saturated rings. The molecule has 1 aromatic carbocycles. The van der Waals surface area contributed by atoms with E-state index in [-0.39, 0.29) is 11.8 Å². The number of hydrogen-bond donors (Lipinski definition) is 3. The third kappa shape index (κ3) is 4.04. The molecule has 0 aromatic heterocycles. The molecule has 1 saturated carbocycles. The number of hydrogen-bond acceptors (Lipinski definition) is 3. The van der Waals surface area contributed by atoms with Gasteiger partial charge >= 0.3 is 0 Å². The number of benzene rings is 1. The summed E-state index contributed by atoms with van der Waals surface area (Å²) in [5, 5.41) is 5.81. The van der Waals surface area contributed by atoms with Crippen molar-refractivity contribution in [2.75, 3.05) is 5.32 Å². The highest BCUT2D eigenvalue weighted by Gasteiger charge is 2.18. The molecule has 0 saturated heterocycles. The van der Waals surface area contributed by atoms with Crippen LogP contribution in [0.15, 0.2) is 18.2 Å². The van der Waals surface area contributed by atoms with Crippen LogP contribution in [0.5, 0.6) is 0 Å². The van der Waals surface area contributed by atoms with E-state index >= 15 is 0 Å². The van der Waals surface area contributed by atoms with Gasteiger partial charge in [-0.3, -0.25) is 9.59 Å². The van der Waals surface area contributed by atoms with E-state index in [0.717, 1.165) is 18.4 Å². The lowest BCUT2D eigenvalue weighted by atomic mass is 10.1. The Morgan fingerprint density at radius 3 is 2.52 bits per heavy atom. The van der Waals surface area contributed by atoms with E-state index in [1.54, 1.807) is 25.1 Å². The molecule has 114 valence electrons. The minimum atomic E-state index is -0.560. The lowest BCUT2D eigenvalue weighted by molar-refractivity contribution is -0.117. The molecule has 1 aliphatic carbocycles. The molecule has 0 spiro atoms. The summed E-state index contributed by atoms with van der Waals surface area (Å²) in [5.41, 5.74) is 7.69. The van der Waals surface area contributed by atoms with E-state index < -0.39 is 6.04 Å². The first-order chi connectivity index (χ1) is 9.97. The van der Waals surface area contributed by atoms with Gasteiger partial charge in [-0.2, -0.15) is 0 Å². The lowest BCUT2D eigenvalue weighted by Crippen LogP contribution is -2.33. The van der Waals surface area contributed by atoms with Crippen molar-refractivity contribution < 1.29 is 9.59 Å². The smallest absolute Gasteiger partial charge is 0.251 e. The monoisotopic (exact) mass is 289 g/mol. The number of nitrogens with two attached hydrogens (primary N) is 1. The molecule has 5 heteroatoms. The Hall–Kier alpha value is -1.88. The number of rotatable bonds is 4. The average Bonchev–Trinajstić information content (AvgIpc) is 2.93. The summed E-state index contributed by atoms with van der Waals surface area (Å²) in [7, 11) is 0. The first kappa shape index (κ1) is 15.5. The van der Waals surface area contributed by atoms with Gasteiger partial charge in [0.2, 0.25) is 5.91 Å². The summed E-state index contributed by atoms with van der Waals surface area (Å²) >= 11 is 0. The molecule has 2 rings (SSSR count). The number of aryl methyl sites for hydroxylation is 1. The maximum Gasteiger partial charge on any atom is 0.251 e. The topological polar surface area (TPSA) is 84.2 Å². The Morgan fingerprint density at radius 1 is 1.29 bits per heavy atom. The average molecular weight is 289 g/mol. The Labute approximate surface area is 125 Å². The predicted molar refractivity (Wildman–Crippen MR) is 83.2 cm³/mol. The van der Waals surface area contributed by atoms with Crippen LogP contribution in [-0.2, 0) is 4.79 Å². The van der Waals surface area contributed by atoms with Gasteiger partial charge in [-0.25, -0.2) is 0 Å². The van der Waals surface area contributed by atoms with Crippen LogP contribution in [0.4, 0.5) is 5.69 Å². The van der Waals surface area contributed by atoms with Crippen LogP contribution in [0.1, 0.15) is 48.5 Å². The van der Waals surface area contributed by atoms with E-state index in [9.17, 15) is 9.59 Å². The maximum absolute atomic E-state index is 12.2. The van der Waals surface area contributed by atoms with Crippen LogP contribution >= 0.6 is 0 Å². The molecule has 1 aromatic rings. The van der Waals surface area contributed by atoms with Crippen molar-refractivity contribution in [2.45, 2.75) is 51.6 Å². The van der Waals surface area contributed by atoms with Crippen molar-refractivity contribution >= 4 is 17.5 Å². The highest BCUT2D eigenvalue weighted by molar-refractivity contribution is 5.97. The van der Waals surface area contributed by atoms with Gasteiger partial charge in [0.25, 0.3) is 5.91 Å². The number of nitrogens with one attached hydrogen (secondary N) is 2. The van der Waals surface area contributed by atoms with Gasteiger partial charge < -0.3 is 16.4 Å². The van der Waals surface area contributed by atoms with Gasteiger partial charge in [-0.05, 0) is 50.5 Å². The highest BCUT2D eigenvalue weighted by Crippen LogP contribution is 2.20. The number of carbonyl (C=O) groups is 2.